The number of hydrogen-bond acceptors (Lipinski definition) is 6. The van der Waals surface area contributed by atoms with Crippen LogP contribution in [0.2, 0.25) is 0 Å². The van der Waals surface area contributed by atoms with Crippen LogP contribution in [0.5, 0.6) is 0 Å². The van der Waals surface area contributed by atoms with Crippen molar-refractivity contribution in [1.29, 1.82) is 0 Å². The third-order valence-electron chi connectivity index (χ3n) is 19.8. The first-order valence-electron chi connectivity index (χ1n) is 35.6. The van der Waals surface area contributed by atoms with Crippen LogP contribution in [0.3, 0.4) is 0 Å². The molecule has 81 heavy (non-hydrogen) atoms. The van der Waals surface area contributed by atoms with Gasteiger partial charge in [-0.3, -0.25) is 14.5 Å². The predicted molar refractivity (Wildman–Crippen MR) is 338 cm³/mol. The molecule has 3 aliphatic heterocycles. The van der Waals surface area contributed by atoms with Gasteiger partial charge in [-0.05, 0) is 56.9 Å². The summed E-state index contributed by atoms with van der Waals surface area (Å²) in [6.07, 6.45) is 66.7. The Balaban J connectivity index is 1.01. The molecule has 1 spiro atoms. The lowest BCUT2D eigenvalue weighted by Crippen LogP contribution is -2.67. The molecular weight excluding hydrogens is 1000 g/mol. The summed E-state index contributed by atoms with van der Waals surface area (Å²) in [4.78, 5) is 46.9. The van der Waals surface area contributed by atoms with Crippen molar-refractivity contribution in [1.82, 2.24) is 14.7 Å². The molecule has 1 N–H and O–H groups in total. The first kappa shape index (κ1) is 69.1. The van der Waals surface area contributed by atoms with Gasteiger partial charge in [0, 0.05) is 19.5 Å². The SMILES string of the molecule is C[C@H]1C(=O)N2[C@@H](CCC(=O)N3CCCCCCCCCCCCCCCCCCCCCCCCCCCCCCCCCCCCCCCCCCCCCCCCC4(CC4)[C@H](O)C3)COC2(C)CN1C(=O)OCc1ccccc1. The number of benzene rings is 1. The molecule has 9 heteroatoms. The summed E-state index contributed by atoms with van der Waals surface area (Å²) in [7, 11) is 0. The Bertz CT molecular complexity index is 1740. The minimum absolute atomic E-state index is 0.0499. The molecule has 9 nitrogen and oxygen atoms in total. The molecule has 1 unspecified atom stereocenters. The first-order chi connectivity index (χ1) is 39.7. The third-order valence-corrected chi connectivity index (χ3v) is 19.8. The number of β-amino-alcohol motifs (C(OH)–C–C–N with tert-alkyl or cyclic N) is 1. The molecule has 4 fully saturated rings. The van der Waals surface area contributed by atoms with Crippen LogP contribution in [0.1, 0.15) is 347 Å². The van der Waals surface area contributed by atoms with Crippen LogP contribution in [0.25, 0.3) is 0 Å². The van der Waals surface area contributed by atoms with E-state index in [2.05, 4.69) is 0 Å². The number of carbonyl (C=O) groups is 3. The molecule has 1 aromatic carbocycles. The van der Waals surface area contributed by atoms with Crippen molar-refractivity contribution < 1.29 is 29.0 Å². The van der Waals surface area contributed by atoms with E-state index in [9.17, 15) is 19.5 Å². The van der Waals surface area contributed by atoms with Gasteiger partial charge in [-0.25, -0.2) is 4.79 Å². The molecule has 3 saturated heterocycles. The van der Waals surface area contributed by atoms with E-state index in [1.54, 1.807) is 11.8 Å². The van der Waals surface area contributed by atoms with Crippen LogP contribution < -0.4 is 0 Å². The minimum atomic E-state index is -0.991. The summed E-state index contributed by atoms with van der Waals surface area (Å²) in [6.45, 7) is 5.36. The van der Waals surface area contributed by atoms with Crippen LogP contribution in [-0.4, -0.2) is 87.9 Å². The number of aliphatic hydroxyl groups excluding tert-OH is 1. The lowest BCUT2D eigenvalue weighted by atomic mass is 9.91. The molecule has 3 heterocycles. The van der Waals surface area contributed by atoms with Gasteiger partial charge >= 0.3 is 6.09 Å². The topological polar surface area (TPSA) is 99.6 Å². The largest absolute Gasteiger partial charge is 0.445 e. The second kappa shape index (κ2) is 43.0. The number of rotatable bonds is 5. The predicted octanol–water partition coefficient (Wildman–Crippen LogP) is 20.1. The molecule has 4 aliphatic rings. The fraction of sp³-hybridized carbons (Fsp3) is 0.875. The van der Waals surface area contributed by atoms with Crippen molar-refractivity contribution in [3.05, 3.63) is 35.9 Å². The fourth-order valence-electron chi connectivity index (χ4n) is 14.0. The van der Waals surface area contributed by atoms with Gasteiger partial charge in [-0.15, -0.1) is 0 Å². The highest BCUT2D eigenvalue weighted by Crippen LogP contribution is 2.53. The van der Waals surface area contributed by atoms with E-state index in [1.807, 2.05) is 42.2 Å². The zero-order valence-corrected chi connectivity index (χ0v) is 53.0. The summed E-state index contributed by atoms with van der Waals surface area (Å²) in [5.41, 5.74) is -0.153. The van der Waals surface area contributed by atoms with E-state index >= 15 is 0 Å². The fourth-order valence-corrected chi connectivity index (χ4v) is 14.0. The van der Waals surface area contributed by atoms with E-state index < -0.39 is 24.0 Å². The van der Waals surface area contributed by atoms with E-state index in [1.165, 1.54) is 281 Å². The average molecular weight is 1130 g/mol. The quantitative estimate of drug-likeness (QED) is 0.315. The Kier molecular flexibility index (Phi) is 36.7. The van der Waals surface area contributed by atoms with Crippen LogP contribution in [0, 0.1) is 5.41 Å². The van der Waals surface area contributed by atoms with Crippen molar-refractivity contribution in [3.63, 3.8) is 0 Å². The molecule has 0 radical (unpaired) electrons. The molecule has 1 aromatic rings. The van der Waals surface area contributed by atoms with Crippen molar-refractivity contribution in [2.45, 2.75) is 372 Å². The van der Waals surface area contributed by atoms with Gasteiger partial charge in [-0.2, -0.15) is 0 Å². The third kappa shape index (κ3) is 28.9. The average Bonchev–Trinajstić information content (AvgIpc) is 3.86. The van der Waals surface area contributed by atoms with Crippen LogP contribution in [-0.2, 0) is 25.7 Å². The van der Waals surface area contributed by atoms with Crippen molar-refractivity contribution in [2.75, 3.05) is 26.2 Å². The molecule has 3 amide bonds. The van der Waals surface area contributed by atoms with Gasteiger partial charge in [0.15, 0.2) is 5.72 Å². The lowest BCUT2D eigenvalue weighted by molar-refractivity contribution is -0.170. The summed E-state index contributed by atoms with van der Waals surface area (Å²) in [5.74, 6) is -0.110. The molecular formula is C72H127N3O6. The number of hydrogen-bond donors (Lipinski definition) is 1. The Morgan fingerprint density at radius 1 is 0.531 bits per heavy atom. The van der Waals surface area contributed by atoms with Crippen LogP contribution in [0.15, 0.2) is 30.3 Å². The zero-order chi connectivity index (χ0) is 57.3. The van der Waals surface area contributed by atoms with E-state index in [-0.39, 0.29) is 36.4 Å². The zero-order valence-electron chi connectivity index (χ0n) is 53.0. The normalized spacial score (nSPS) is 27.2. The number of aliphatic hydroxyl groups is 1. The number of nitrogens with zero attached hydrogens (tertiary/aromatic N) is 3. The van der Waals surface area contributed by atoms with Crippen LogP contribution >= 0.6 is 0 Å². The maximum absolute atomic E-state index is 14.3. The molecule has 4 atom stereocenters. The number of amides is 3. The summed E-state index contributed by atoms with van der Waals surface area (Å²) >= 11 is 0. The summed E-state index contributed by atoms with van der Waals surface area (Å²) in [5, 5.41) is 11.9. The standard InChI is InChI=1S/C72H127N3O6/c1-64-69(78)75-66(62-81-71(75,2)63-74(64)70(79)80-61-65-52-48-47-49-53-65)54-55-68(77)73-59-51-46-44-42-40-38-36-34-32-30-28-26-24-22-20-18-16-14-12-10-8-6-4-3-5-7-9-11-13-15-17-19-21-23-25-27-29-31-33-35-37-39-41-43-45-50-56-72(57-58-72)67(76)60-73/h47-49,52-53,64,66-67,76H,3-46,50-51,54-63H2,1-2H3/t64-,66-,67+,71?/m0/s1. The highest BCUT2D eigenvalue weighted by molar-refractivity contribution is 5.88. The molecule has 0 aromatic heterocycles. The Morgan fingerprint density at radius 3 is 1.26 bits per heavy atom. The molecule has 466 valence electrons. The van der Waals surface area contributed by atoms with Gasteiger partial charge < -0.3 is 24.4 Å². The lowest BCUT2D eigenvalue weighted by Gasteiger charge is -2.47. The number of piperazine rings is 1. The van der Waals surface area contributed by atoms with Gasteiger partial charge in [0.1, 0.15) is 12.6 Å². The minimum Gasteiger partial charge on any atom is -0.445 e. The number of fused-ring (bicyclic) bond motifs is 1. The maximum atomic E-state index is 14.3. The van der Waals surface area contributed by atoms with Crippen molar-refractivity contribution in [2.24, 2.45) is 5.41 Å². The van der Waals surface area contributed by atoms with E-state index in [4.69, 9.17) is 9.47 Å². The Morgan fingerprint density at radius 2 is 0.889 bits per heavy atom. The second-order valence-electron chi connectivity index (χ2n) is 27.0. The monoisotopic (exact) mass is 1130 g/mol. The van der Waals surface area contributed by atoms with Gasteiger partial charge in [-0.1, -0.05) is 319 Å². The molecule has 5 rings (SSSR count). The van der Waals surface area contributed by atoms with Crippen molar-refractivity contribution >= 4 is 17.9 Å². The van der Waals surface area contributed by atoms with E-state index in [0.29, 0.717) is 32.5 Å². The van der Waals surface area contributed by atoms with Gasteiger partial charge in [0.25, 0.3) is 0 Å². The number of carbonyl (C=O) groups excluding carboxylic acids is 3. The number of ether oxygens (including phenoxy) is 2. The van der Waals surface area contributed by atoms with Gasteiger partial charge in [0.05, 0.1) is 25.3 Å². The van der Waals surface area contributed by atoms with E-state index in [0.717, 1.165) is 44.1 Å². The highest BCUT2D eigenvalue weighted by atomic mass is 16.6. The molecule has 1 aliphatic carbocycles. The first-order valence-corrected chi connectivity index (χ1v) is 35.6. The van der Waals surface area contributed by atoms with Crippen LogP contribution in [0.4, 0.5) is 4.79 Å². The molecule has 1 saturated carbocycles. The Hall–Kier alpha value is -2.65. The summed E-state index contributed by atoms with van der Waals surface area (Å²) < 4.78 is 12.0. The maximum Gasteiger partial charge on any atom is 0.410 e. The Labute approximate surface area is 498 Å². The highest BCUT2D eigenvalue weighted by Gasteiger charge is 2.55. The molecule has 0 bridgehead atoms. The second-order valence-corrected chi connectivity index (χ2v) is 27.0. The summed E-state index contributed by atoms with van der Waals surface area (Å²) in [6, 6.07) is 8.60. The van der Waals surface area contributed by atoms with Gasteiger partial charge in [0.2, 0.25) is 11.8 Å². The van der Waals surface area contributed by atoms with Crippen molar-refractivity contribution in [3.8, 4) is 0 Å². The smallest absolute Gasteiger partial charge is 0.410 e.